The van der Waals surface area contributed by atoms with Gasteiger partial charge in [-0.15, -0.1) is 12.3 Å². The van der Waals surface area contributed by atoms with E-state index in [9.17, 15) is 18.5 Å². The fourth-order valence-electron chi connectivity index (χ4n) is 1.15. The Hall–Kier alpha value is -1.59. The topological polar surface area (TPSA) is 95.1 Å². The number of nitrogens with zero attached hydrogens (tertiary/aromatic N) is 3. The molecule has 1 rings (SSSR count). The molecule has 0 unspecified atom stereocenters. The minimum Gasteiger partial charge on any atom is -0.358 e. The number of aromatic nitrogens is 2. The molecule has 0 bridgehead atoms. The molecule has 0 spiro atoms. The Morgan fingerprint density at radius 3 is 2.71 bits per heavy atom. The summed E-state index contributed by atoms with van der Waals surface area (Å²) in [7, 11) is 0.883. The molecule has 0 saturated heterocycles. The van der Waals surface area contributed by atoms with Crippen LogP contribution in [0.15, 0.2) is 11.1 Å². The summed E-state index contributed by atoms with van der Waals surface area (Å²) in [5.41, 5.74) is 0. The fraction of sp³-hybridized carbons (Fsp3) is 0.375. The molecule has 0 saturated carbocycles. The second kappa shape index (κ2) is 5.16. The highest BCUT2D eigenvalue weighted by atomic mass is 35.7. The van der Waals surface area contributed by atoms with Crippen molar-refractivity contribution in [2.24, 2.45) is 0 Å². The van der Waals surface area contributed by atoms with Crippen molar-refractivity contribution in [1.29, 1.82) is 0 Å². The molecular weight excluding hydrogens is 270 g/mol. The Morgan fingerprint density at radius 1 is 1.65 bits per heavy atom. The summed E-state index contributed by atoms with van der Waals surface area (Å²) < 4.78 is 23.3. The Morgan fingerprint density at radius 2 is 2.29 bits per heavy atom. The van der Waals surface area contributed by atoms with Gasteiger partial charge in [0.15, 0.2) is 0 Å². The largest absolute Gasteiger partial charge is 0.410 e. The zero-order valence-electron chi connectivity index (χ0n) is 8.54. The molecule has 0 amide bonds. The van der Waals surface area contributed by atoms with Gasteiger partial charge in [-0.25, -0.2) is 8.42 Å². The first-order valence-corrected chi connectivity index (χ1v) is 6.77. The Bertz CT molecular complexity index is 572. The number of aryl methyl sites for hydroxylation is 1. The SMILES string of the molecule is C#CCCCn1cc(S(=O)(=O)Cl)c([N+](=O)[O-])n1. The van der Waals surface area contributed by atoms with Crippen molar-refractivity contribution < 1.29 is 13.3 Å². The third kappa shape index (κ3) is 3.44. The highest BCUT2D eigenvalue weighted by molar-refractivity contribution is 8.13. The molecule has 0 aliphatic rings. The number of hydrogen-bond donors (Lipinski definition) is 0. The predicted octanol–water partition coefficient (Wildman–Crippen LogP) is 1.13. The van der Waals surface area contributed by atoms with Gasteiger partial charge in [-0.1, -0.05) is 0 Å². The van der Waals surface area contributed by atoms with Gasteiger partial charge in [0.1, 0.15) is 0 Å². The smallest absolute Gasteiger partial charge is 0.358 e. The lowest BCUT2D eigenvalue weighted by molar-refractivity contribution is -0.392. The molecule has 0 fully saturated rings. The normalized spacial score (nSPS) is 11.1. The Labute approximate surface area is 102 Å². The number of rotatable bonds is 5. The zero-order chi connectivity index (χ0) is 13.1. The first kappa shape index (κ1) is 13.5. The molecular formula is C8H8ClN3O4S. The van der Waals surface area contributed by atoms with Gasteiger partial charge in [0.25, 0.3) is 9.05 Å². The summed E-state index contributed by atoms with van der Waals surface area (Å²) in [4.78, 5) is 9.08. The highest BCUT2D eigenvalue weighted by Gasteiger charge is 2.29. The van der Waals surface area contributed by atoms with Crippen molar-refractivity contribution in [3.05, 3.63) is 16.3 Å². The van der Waals surface area contributed by atoms with Gasteiger partial charge in [0.05, 0.1) is 17.8 Å². The molecule has 0 aliphatic carbocycles. The summed E-state index contributed by atoms with van der Waals surface area (Å²) >= 11 is 0. The second-order valence-corrected chi connectivity index (χ2v) is 5.62. The molecule has 0 atom stereocenters. The monoisotopic (exact) mass is 277 g/mol. The Kier molecular flexibility index (Phi) is 4.09. The number of halogens is 1. The molecule has 92 valence electrons. The van der Waals surface area contributed by atoms with E-state index < -0.39 is 24.7 Å². The molecule has 0 aliphatic heterocycles. The van der Waals surface area contributed by atoms with Gasteiger partial charge in [-0.05, 0) is 11.3 Å². The van der Waals surface area contributed by atoms with Crippen LogP contribution in [0.5, 0.6) is 0 Å². The van der Waals surface area contributed by atoms with Crippen LogP contribution in [0.1, 0.15) is 12.8 Å². The van der Waals surface area contributed by atoms with E-state index in [-0.39, 0.29) is 6.54 Å². The van der Waals surface area contributed by atoms with Gasteiger partial charge in [0, 0.05) is 17.1 Å². The Balaban J connectivity index is 3.06. The van der Waals surface area contributed by atoms with Gasteiger partial charge in [-0.3, -0.25) is 0 Å². The lowest BCUT2D eigenvalue weighted by Gasteiger charge is -1.91. The first-order chi connectivity index (χ1) is 7.86. The average molecular weight is 278 g/mol. The van der Waals surface area contributed by atoms with Crippen LogP contribution in [0.2, 0.25) is 0 Å². The van der Waals surface area contributed by atoms with E-state index in [1.807, 2.05) is 0 Å². The van der Waals surface area contributed by atoms with Gasteiger partial charge < -0.3 is 10.1 Å². The predicted molar refractivity (Wildman–Crippen MR) is 60.0 cm³/mol. The molecule has 1 aromatic heterocycles. The summed E-state index contributed by atoms with van der Waals surface area (Å²) in [6, 6.07) is 0. The van der Waals surface area contributed by atoms with Crippen LogP contribution in [-0.2, 0) is 15.6 Å². The van der Waals surface area contributed by atoms with E-state index in [1.54, 1.807) is 0 Å². The summed E-state index contributed by atoms with van der Waals surface area (Å²) in [6.07, 6.45) is 7.07. The quantitative estimate of drug-likeness (QED) is 0.264. The first-order valence-electron chi connectivity index (χ1n) is 4.46. The van der Waals surface area contributed by atoms with E-state index in [1.165, 1.54) is 0 Å². The number of terminal acetylenes is 1. The molecule has 0 aromatic carbocycles. The van der Waals surface area contributed by atoms with Crippen LogP contribution in [0.3, 0.4) is 0 Å². The molecule has 7 nitrogen and oxygen atoms in total. The van der Waals surface area contributed by atoms with Crippen molar-refractivity contribution in [3.8, 4) is 12.3 Å². The summed E-state index contributed by atoms with van der Waals surface area (Å²) in [6.45, 7) is 0.289. The standard InChI is InChI=1S/C8H8ClN3O4S/c1-2-3-4-5-11-6-7(17(9,15)16)8(10-11)12(13)14/h1,6H,3-5H2. The molecule has 1 aromatic rings. The van der Waals surface area contributed by atoms with Crippen LogP contribution in [-0.4, -0.2) is 23.1 Å². The van der Waals surface area contributed by atoms with Crippen molar-refractivity contribution >= 4 is 25.6 Å². The van der Waals surface area contributed by atoms with Crippen molar-refractivity contribution in [3.63, 3.8) is 0 Å². The number of nitro groups is 1. The molecule has 0 radical (unpaired) electrons. The van der Waals surface area contributed by atoms with E-state index in [2.05, 4.69) is 11.0 Å². The average Bonchev–Trinajstić information content (AvgIpc) is 2.62. The molecule has 9 heteroatoms. The summed E-state index contributed by atoms with van der Waals surface area (Å²) in [5, 5.41) is 14.1. The third-order valence-electron chi connectivity index (χ3n) is 1.85. The van der Waals surface area contributed by atoms with Gasteiger partial charge >= 0.3 is 5.82 Å². The van der Waals surface area contributed by atoms with E-state index >= 15 is 0 Å². The van der Waals surface area contributed by atoms with Crippen molar-refractivity contribution in [2.45, 2.75) is 24.3 Å². The maximum Gasteiger partial charge on any atom is 0.410 e. The van der Waals surface area contributed by atoms with Crippen molar-refractivity contribution in [1.82, 2.24) is 9.78 Å². The van der Waals surface area contributed by atoms with Crippen LogP contribution in [0.4, 0.5) is 5.82 Å². The minimum absolute atomic E-state index is 0.289. The molecule has 17 heavy (non-hydrogen) atoms. The van der Waals surface area contributed by atoms with Crippen molar-refractivity contribution in [2.75, 3.05) is 0 Å². The summed E-state index contributed by atoms with van der Waals surface area (Å²) in [5.74, 6) is 1.62. The lowest BCUT2D eigenvalue weighted by atomic mass is 10.3. The number of unbranched alkanes of at least 4 members (excludes halogenated alkanes) is 1. The maximum absolute atomic E-state index is 11.1. The van der Waals surface area contributed by atoms with Gasteiger partial charge in [0.2, 0.25) is 4.90 Å². The van der Waals surface area contributed by atoms with E-state index in [4.69, 9.17) is 17.1 Å². The minimum atomic E-state index is -4.18. The molecule has 1 heterocycles. The van der Waals surface area contributed by atoms with E-state index in [0.29, 0.717) is 12.8 Å². The van der Waals surface area contributed by atoms with Crippen LogP contribution >= 0.6 is 10.7 Å². The van der Waals surface area contributed by atoms with E-state index in [0.717, 1.165) is 10.9 Å². The van der Waals surface area contributed by atoms with Crippen LogP contribution in [0, 0.1) is 22.5 Å². The van der Waals surface area contributed by atoms with Gasteiger partial charge in [-0.2, -0.15) is 4.68 Å². The fourth-order valence-corrected chi connectivity index (χ4v) is 2.06. The van der Waals surface area contributed by atoms with Crippen LogP contribution < -0.4 is 0 Å². The third-order valence-corrected chi connectivity index (χ3v) is 3.17. The lowest BCUT2D eigenvalue weighted by Crippen LogP contribution is -1.99. The highest BCUT2D eigenvalue weighted by Crippen LogP contribution is 2.24. The zero-order valence-corrected chi connectivity index (χ0v) is 10.1. The molecule has 0 N–H and O–H groups in total. The second-order valence-electron chi connectivity index (χ2n) is 3.08. The number of hydrogen-bond acceptors (Lipinski definition) is 5. The van der Waals surface area contributed by atoms with Crippen LogP contribution in [0.25, 0.3) is 0 Å². The maximum atomic E-state index is 11.1.